The second kappa shape index (κ2) is 8.03. The standard InChI is InChI=1S/C16H15Cl2NO3/c17-13-5-3-6-14(18)12(13)10-22-15-7-2-1-4-11(15)8-19-9-16(20)21/h1-7,19H,8-10H2,(H,20,21). The van der Waals surface area contributed by atoms with Crippen molar-refractivity contribution in [1.29, 1.82) is 0 Å². The molecule has 0 aliphatic heterocycles. The molecule has 0 bridgehead atoms. The van der Waals surface area contributed by atoms with Gasteiger partial charge in [-0.25, -0.2) is 0 Å². The highest BCUT2D eigenvalue weighted by Crippen LogP contribution is 2.27. The maximum atomic E-state index is 10.5. The van der Waals surface area contributed by atoms with Gasteiger partial charge >= 0.3 is 5.97 Å². The molecular formula is C16H15Cl2NO3. The zero-order valence-electron chi connectivity index (χ0n) is 11.7. The van der Waals surface area contributed by atoms with Crippen molar-refractivity contribution in [2.24, 2.45) is 0 Å². The van der Waals surface area contributed by atoms with Gasteiger partial charge in [-0.3, -0.25) is 4.79 Å². The van der Waals surface area contributed by atoms with Crippen molar-refractivity contribution in [1.82, 2.24) is 5.32 Å². The highest BCUT2D eigenvalue weighted by Gasteiger charge is 2.08. The number of benzene rings is 2. The molecule has 0 heterocycles. The lowest BCUT2D eigenvalue weighted by atomic mass is 10.2. The summed E-state index contributed by atoms with van der Waals surface area (Å²) < 4.78 is 5.79. The maximum Gasteiger partial charge on any atom is 0.317 e. The van der Waals surface area contributed by atoms with Crippen molar-refractivity contribution in [3.8, 4) is 5.75 Å². The second-order valence-electron chi connectivity index (χ2n) is 4.59. The van der Waals surface area contributed by atoms with Crippen LogP contribution in [0.1, 0.15) is 11.1 Å². The van der Waals surface area contributed by atoms with Gasteiger partial charge in [0.2, 0.25) is 0 Å². The third-order valence-corrected chi connectivity index (χ3v) is 3.71. The highest BCUT2D eigenvalue weighted by atomic mass is 35.5. The Hall–Kier alpha value is -1.75. The summed E-state index contributed by atoms with van der Waals surface area (Å²) >= 11 is 12.2. The summed E-state index contributed by atoms with van der Waals surface area (Å²) in [5.74, 6) is -0.238. The summed E-state index contributed by atoms with van der Waals surface area (Å²) in [7, 11) is 0. The molecule has 0 amide bonds. The van der Waals surface area contributed by atoms with Crippen LogP contribution in [0.4, 0.5) is 0 Å². The molecule has 2 aromatic rings. The summed E-state index contributed by atoms with van der Waals surface area (Å²) in [6.07, 6.45) is 0. The van der Waals surface area contributed by atoms with E-state index in [1.54, 1.807) is 18.2 Å². The first-order valence-electron chi connectivity index (χ1n) is 6.64. The van der Waals surface area contributed by atoms with Crippen LogP contribution >= 0.6 is 23.2 Å². The van der Waals surface area contributed by atoms with E-state index in [4.69, 9.17) is 33.0 Å². The molecule has 0 unspecified atom stereocenters. The fourth-order valence-electron chi connectivity index (χ4n) is 1.91. The zero-order valence-corrected chi connectivity index (χ0v) is 13.2. The summed E-state index contributed by atoms with van der Waals surface area (Å²) in [6, 6.07) is 12.7. The number of hydrogen-bond acceptors (Lipinski definition) is 3. The van der Waals surface area contributed by atoms with Crippen molar-refractivity contribution in [2.75, 3.05) is 6.54 Å². The van der Waals surface area contributed by atoms with Crippen LogP contribution in [-0.4, -0.2) is 17.6 Å². The molecule has 2 aromatic carbocycles. The topological polar surface area (TPSA) is 58.6 Å². The van der Waals surface area contributed by atoms with E-state index < -0.39 is 5.97 Å². The second-order valence-corrected chi connectivity index (χ2v) is 5.41. The first kappa shape index (κ1) is 16.6. The predicted octanol–water partition coefficient (Wildman–Crippen LogP) is 3.75. The number of para-hydroxylation sites is 1. The average molecular weight is 340 g/mol. The predicted molar refractivity (Wildman–Crippen MR) is 86.6 cm³/mol. The number of ether oxygens (including phenoxy) is 1. The van der Waals surface area contributed by atoms with Gasteiger partial charge in [0.05, 0.1) is 6.54 Å². The van der Waals surface area contributed by atoms with Gasteiger partial charge in [-0.15, -0.1) is 0 Å². The number of carboxylic acid groups (broad SMARTS) is 1. The molecule has 2 N–H and O–H groups in total. The first-order chi connectivity index (χ1) is 10.6. The molecule has 0 fully saturated rings. The van der Waals surface area contributed by atoms with E-state index in [0.717, 1.165) is 11.1 Å². The Bertz CT molecular complexity index is 641. The Morgan fingerprint density at radius 1 is 1.09 bits per heavy atom. The van der Waals surface area contributed by atoms with E-state index in [1.165, 1.54) is 0 Å². The minimum Gasteiger partial charge on any atom is -0.488 e. The fourth-order valence-corrected chi connectivity index (χ4v) is 2.42. The number of rotatable bonds is 7. The third-order valence-electron chi connectivity index (χ3n) is 3.00. The van der Waals surface area contributed by atoms with Crippen LogP contribution in [-0.2, 0) is 17.9 Å². The molecule has 0 radical (unpaired) electrons. The van der Waals surface area contributed by atoms with Crippen molar-refractivity contribution in [2.45, 2.75) is 13.2 Å². The van der Waals surface area contributed by atoms with Crippen LogP contribution in [0.2, 0.25) is 10.0 Å². The molecule has 4 nitrogen and oxygen atoms in total. The third kappa shape index (κ3) is 4.63. The van der Waals surface area contributed by atoms with E-state index in [-0.39, 0.29) is 13.2 Å². The number of aliphatic carboxylic acids is 1. The van der Waals surface area contributed by atoms with E-state index in [9.17, 15) is 4.79 Å². The number of halogens is 2. The van der Waals surface area contributed by atoms with Gasteiger partial charge in [0, 0.05) is 27.7 Å². The summed E-state index contributed by atoms with van der Waals surface area (Å²) in [5, 5.41) is 12.6. The Morgan fingerprint density at radius 2 is 1.77 bits per heavy atom. The summed E-state index contributed by atoms with van der Waals surface area (Å²) in [6.45, 7) is 0.540. The molecule has 2 rings (SSSR count). The van der Waals surface area contributed by atoms with Crippen LogP contribution in [0, 0.1) is 0 Å². The molecule has 0 saturated heterocycles. The fraction of sp³-hybridized carbons (Fsp3) is 0.188. The molecule has 22 heavy (non-hydrogen) atoms. The van der Waals surface area contributed by atoms with Crippen LogP contribution in [0.15, 0.2) is 42.5 Å². The van der Waals surface area contributed by atoms with Gasteiger partial charge in [-0.1, -0.05) is 47.5 Å². The van der Waals surface area contributed by atoms with Crippen molar-refractivity contribution in [3.05, 3.63) is 63.6 Å². The SMILES string of the molecule is O=C(O)CNCc1ccccc1OCc1c(Cl)cccc1Cl. The van der Waals surface area contributed by atoms with Crippen molar-refractivity contribution in [3.63, 3.8) is 0 Å². The van der Waals surface area contributed by atoms with Crippen LogP contribution in [0.3, 0.4) is 0 Å². The summed E-state index contributed by atoms with van der Waals surface area (Å²) in [5.41, 5.74) is 1.59. The lowest BCUT2D eigenvalue weighted by Gasteiger charge is -2.13. The van der Waals surface area contributed by atoms with E-state index in [1.807, 2.05) is 24.3 Å². The van der Waals surface area contributed by atoms with Gasteiger partial charge in [0.1, 0.15) is 12.4 Å². The molecule has 0 aliphatic rings. The minimum atomic E-state index is -0.902. The normalized spacial score (nSPS) is 10.5. The van der Waals surface area contributed by atoms with Gasteiger partial charge in [0.15, 0.2) is 0 Å². The minimum absolute atomic E-state index is 0.106. The van der Waals surface area contributed by atoms with Gasteiger partial charge in [-0.2, -0.15) is 0 Å². The molecule has 0 spiro atoms. The van der Waals surface area contributed by atoms with Crippen LogP contribution in [0.25, 0.3) is 0 Å². The average Bonchev–Trinajstić information content (AvgIpc) is 2.48. The largest absolute Gasteiger partial charge is 0.488 e. The smallest absolute Gasteiger partial charge is 0.317 e. The van der Waals surface area contributed by atoms with Gasteiger partial charge < -0.3 is 15.2 Å². The Kier molecular flexibility index (Phi) is 6.07. The maximum absolute atomic E-state index is 10.5. The van der Waals surface area contributed by atoms with Crippen molar-refractivity contribution < 1.29 is 14.6 Å². The van der Waals surface area contributed by atoms with Crippen LogP contribution in [0.5, 0.6) is 5.75 Å². The number of nitrogens with one attached hydrogen (secondary N) is 1. The summed E-state index contributed by atoms with van der Waals surface area (Å²) in [4.78, 5) is 10.5. The Morgan fingerprint density at radius 3 is 2.45 bits per heavy atom. The molecule has 6 heteroatoms. The molecule has 0 saturated carbocycles. The molecule has 0 aromatic heterocycles. The first-order valence-corrected chi connectivity index (χ1v) is 7.39. The van der Waals surface area contributed by atoms with Gasteiger partial charge in [0.25, 0.3) is 0 Å². The zero-order chi connectivity index (χ0) is 15.9. The Labute approximate surface area is 138 Å². The number of carboxylic acids is 1. The molecular weight excluding hydrogens is 325 g/mol. The van der Waals surface area contributed by atoms with E-state index >= 15 is 0 Å². The molecule has 0 aliphatic carbocycles. The monoisotopic (exact) mass is 339 g/mol. The quantitative estimate of drug-likeness (QED) is 0.806. The Balaban J connectivity index is 2.05. The highest BCUT2D eigenvalue weighted by molar-refractivity contribution is 6.35. The lowest BCUT2D eigenvalue weighted by Crippen LogP contribution is -2.22. The van der Waals surface area contributed by atoms with Crippen molar-refractivity contribution >= 4 is 29.2 Å². The van der Waals surface area contributed by atoms with Gasteiger partial charge in [-0.05, 0) is 18.2 Å². The van der Waals surface area contributed by atoms with E-state index in [0.29, 0.717) is 22.3 Å². The van der Waals surface area contributed by atoms with Crippen LogP contribution < -0.4 is 10.1 Å². The lowest BCUT2D eigenvalue weighted by molar-refractivity contribution is -0.136. The van der Waals surface area contributed by atoms with E-state index in [2.05, 4.69) is 5.32 Å². The number of carbonyl (C=O) groups is 1. The molecule has 0 atom stereocenters. The number of hydrogen-bond donors (Lipinski definition) is 2. The molecule has 116 valence electrons.